The Labute approximate surface area is 128 Å². The van der Waals surface area contributed by atoms with E-state index < -0.39 is 5.91 Å². The van der Waals surface area contributed by atoms with Crippen LogP contribution in [0.5, 0.6) is 0 Å². The summed E-state index contributed by atoms with van der Waals surface area (Å²) in [7, 11) is 0. The molecule has 0 saturated carbocycles. The van der Waals surface area contributed by atoms with Crippen LogP contribution in [0.15, 0.2) is 60.8 Å². The van der Waals surface area contributed by atoms with Crippen molar-refractivity contribution in [3.8, 4) is 22.6 Å². The number of benzene rings is 2. The molecular formula is C18H15N3O. The summed E-state index contributed by atoms with van der Waals surface area (Å²) in [6, 6.07) is 17.0. The predicted octanol–water partition coefficient (Wildman–Crippen LogP) is 3.22. The van der Waals surface area contributed by atoms with Gasteiger partial charge < -0.3 is 5.73 Å². The highest BCUT2D eigenvalue weighted by atomic mass is 16.1. The lowest BCUT2D eigenvalue weighted by Gasteiger charge is -2.05. The van der Waals surface area contributed by atoms with Crippen molar-refractivity contribution in [2.24, 2.45) is 5.73 Å². The average Bonchev–Trinajstić information content (AvgIpc) is 2.56. The van der Waals surface area contributed by atoms with E-state index in [9.17, 15) is 4.79 Å². The predicted molar refractivity (Wildman–Crippen MR) is 86.2 cm³/mol. The Morgan fingerprint density at radius 3 is 2.18 bits per heavy atom. The third-order valence-corrected chi connectivity index (χ3v) is 3.43. The summed E-state index contributed by atoms with van der Waals surface area (Å²) in [5, 5.41) is 0. The molecule has 0 aliphatic rings. The minimum atomic E-state index is -0.444. The second-order valence-corrected chi connectivity index (χ2v) is 5.07. The fraction of sp³-hybridized carbons (Fsp3) is 0.0556. The first-order valence-electron chi connectivity index (χ1n) is 6.94. The highest BCUT2D eigenvalue weighted by Gasteiger charge is 2.06. The van der Waals surface area contributed by atoms with Gasteiger partial charge in [-0.1, -0.05) is 42.0 Å². The molecule has 3 rings (SSSR count). The fourth-order valence-corrected chi connectivity index (χ4v) is 2.17. The van der Waals surface area contributed by atoms with Gasteiger partial charge >= 0.3 is 0 Å². The highest BCUT2D eigenvalue weighted by Crippen LogP contribution is 2.21. The maximum Gasteiger partial charge on any atom is 0.248 e. The van der Waals surface area contributed by atoms with Gasteiger partial charge in [-0.25, -0.2) is 9.97 Å². The number of amides is 1. The number of primary amides is 1. The van der Waals surface area contributed by atoms with Gasteiger partial charge in [-0.3, -0.25) is 4.79 Å². The molecule has 0 atom stereocenters. The number of aryl methyl sites for hydroxylation is 1. The number of nitrogens with zero attached hydrogens (tertiary/aromatic N) is 2. The van der Waals surface area contributed by atoms with Crippen LogP contribution in [-0.4, -0.2) is 15.9 Å². The maximum atomic E-state index is 11.1. The van der Waals surface area contributed by atoms with Gasteiger partial charge in [-0.15, -0.1) is 0 Å². The smallest absolute Gasteiger partial charge is 0.248 e. The monoisotopic (exact) mass is 289 g/mol. The zero-order valence-corrected chi connectivity index (χ0v) is 12.2. The second-order valence-electron chi connectivity index (χ2n) is 5.07. The molecule has 22 heavy (non-hydrogen) atoms. The van der Waals surface area contributed by atoms with E-state index in [0.717, 1.165) is 16.8 Å². The standard InChI is InChI=1S/C18H15N3O/c1-12-2-4-13(5-3-12)16-10-11-20-18(21-16)15-8-6-14(7-9-15)17(19)22/h2-11H,1H3,(H2,19,22). The lowest BCUT2D eigenvalue weighted by molar-refractivity contribution is 0.100. The van der Waals surface area contributed by atoms with Crippen molar-refractivity contribution in [3.05, 3.63) is 71.9 Å². The van der Waals surface area contributed by atoms with Crippen molar-refractivity contribution in [1.82, 2.24) is 9.97 Å². The molecule has 1 heterocycles. The van der Waals surface area contributed by atoms with E-state index in [4.69, 9.17) is 5.73 Å². The molecule has 3 aromatic rings. The molecule has 4 heteroatoms. The van der Waals surface area contributed by atoms with Crippen LogP contribution in [0.4, 0.5) is 0 Å². The minimum absolute atomic E-state index is 0.444. The summed E-state index contributed by atoms with van der Waals surface area (Å²) in [6.45, 7) is 2.05. The van der Waals surface area contributed by atoms with Crippen LogP contribution in [0, 0.1) is 6.92 Å². The van der Waals surface area contributed by atoms with Gasteiger partial charge in [0.15, 0.2) is 5.82 Å². The minimum Gasteiger partial charge on any atom is -0.366 e. The van der Waals surface area contributed by atoms with Gasteiger partial charge in [-0.2, -0.15) is 0 Å². The van der Waals surface area contributed by atoms with Crippen molar-refractivity contribution in [3.63, 3.8) is 0 Å². The molecule has 1 aromatic heterocycles. The third-order valence-electron chi connectivity index (χ3n) is 3.43. The van der Waals surface area contributed by atoms with E-state index in [1.54, 1.807) is 30.5 Å². The van der Waals surface area contributed by atoms with Crippen LogP contribution in [0.25, 0.3) is 22.6 Å². The summed E-state index contributed by atoms with van der Waals surface area (Å²) >= 11 is 0. The summed E-state index contributed by atoms with van der Waals surface area (Å²) in [4.78, 5) is 20.0. The Morgan fingerprint density at radius 2 is 1.55 bits per heavy atom. The molecule has 0 fully saturated rings. The summed E-state index contributed by atoms with van der Waals surface area (Å²) < 4.78 is 0. The molecule has 0 unspecified atom stereocenters. The van der Waals surface area contributed by atoms with E-state index in [1.807, 2.05) is 18.2 Å². The first kappa shape index (κ1) is 13.9. The van der Waals surface area contributed by atoms with Crippen LogP contribution >= 0.6 is 0 Å². The van der Waals surface area contributed by atoms with Gasteiger partial charge in [-0.05, 0) is 25.1 Å². The van der Waals surface area contributed by atoms with Crippen LogP contribution in [-0.2, 0) is 0 Å². The third kappa shape index (κ3) is 2.86. The topological polar surface area (TPSA) is 68.9 Å². The maximum absolute atomic E-state index is 11.1. The zero-order valence-electron chi connectivity index (χ0n) is 12.2. The lowest BCUT2D eigenvalue weighted by Crippen LogP contribution is -2.10. The lowest BCUT2D eigenvalue weighted by atomic mass is 10.1. The van der Waals surface area contributed by atoms with Gasteiger partial charge in [0.2, 0.25) is 5.91 Å². The van der Waals surface area contributed by atoms with Gasteiger partial charge in [0.05, 0.1) is 5.69 Å². The second kappa shape index (κ2) is 5.77. The van der Waals surface area contributed by atoms with Crippen molar-refractivity contribution in [2.45, 2.75) is 6.92 Å². The van der Waals surface area contributed by atoms with Gasteiger partial charge in [0.25, 0.3) is 0 Å². The molecule has 0 saturated heterocycles. The number of hydrogen-bond donors (Lipinski definition) is 1. The van der Waals surface area contributed by atoms with Crippen LogP contribution < -0.4 is 5.73 Å². The summed E-state index contributed by atoms with van der Waals surface area (Å²) in [6.07, 6.45) is 1.74. The Balaban J connectivity index is 1.97. The van der Waals surface area contributed by atoms with Crippen LogP contribution in [0.2, 0.25) is 0 Å². The molecule has 2 aromatic carbocycles. The normalized spacial score (nSPS) is 10.4. The number of nitrogens with two attached hydrogens (primary N) is 1. The highest BCUT2D eigenvalue weighted by molar-refractivity contribution is 5.93. The summed E-state index contributed by atoms with van der Waals surface area (Å²) in [5.74, 6) is 0.176. The van der Waals surface area contributed by atoms with E-state index in [0.29, 0.717) is 11.4 Å². The first-order valence-corrected chi connectivity index (χ1v) is 6.94. The van der Waals surface area contributed by atoms with Crippen molar-refractivity contribution in [2.75, 3.05) is 0 Å². The number of aromatic nitrogens is 2. The molecule has 0 bridgehead atoms. The van der Waals surface area contributed by atoms with E-state index >= 15 is 0 Å². The molecule has 108 valence electrons. The van der Waals surface area contributed by atoms with E-state index in [1.165, 1.54) is 5.56 Å². The quantitative estimate of drug-likeness (QED) is 0.805. The Morgan fingerprint density at radius 1 is 0.909 bits per heavy atom. The average molecular weight is 289 g/mol. The molecule has 0 aliphatic heterocycles. The molecule has 2 N–H and O–H groups in total. The largest absolute Gasteiger partial charge is 0.366 e. The SMILES string of the molecule is Cc1ccc(-c2ccnc(-c3ccc(C(N)=O)cc3)n2)cc1. The number of carbonyl (C=O) groups is 1. The van der Waals surface area contributed by atoms with Crippen LogP contribution in [0.3, 0.4) is 0 Å². The molecule has 1 amide bonds. The molecule has 0 radical (unpaired) electrons. The Bertz CT molecular complexity index is 808. The molecule has 4 nitrogen and oxygen atoms in total. The Hall–Kier alpha value is -3.01. The van der Waals surface area contributed by atoms with Crippen LogP contribution in [0.1, 0.15) is 15.9 Å². The van der Waals surface area contributed by atoms with Gasteiger partial charge in [0.1, 0.15) is 0 Å². The number of hydrogen-bond acceptors (Lipinski definition) is 3. The Kier molecular flexibility index (Phi) is 3.66. The molecule has 0 spiro atoms. The fourth-order valence-electron chi connectivity index (χ4n) is 2.17. The van der Waals surface area contributed by atoms with Crippen molar-refractivity contribution >= 4 is 5.91 Å². The van der Waals surface area contributed by atoms with Gasteiger partial charge in [0, 0.05) is 22.9 Å². The van der Waals surface area contributed by atoms with Crippen molar-refractivity contribution in [1.29, 1.82) is 0 Å². The first-order chi connectivity index (χ1) is 10.6. The number of rotatable bonds is 3. The molecule has 0 aliphatic carbocycles. The summed E-state index contributed by atoms with van der Waals surface area (Å²) in [5.41, 5.74) is 9.68. The van der Waals surface area contributed by atoms with E-state index in [-0.39, 0.29) is 0 Å². The van der Waals surface area contributed by atoms with E-state index in [2.05, 4.69) is 29.0 Å². The number of carbonyl (C=O) groups excluding carboxylic acids is 1. The zero-order chi connectivity index (χ0) is 15.5. The van der Waals surface area contributed by atoms with Crippen molar-refractivity contribution < 1.29 is 4.79 Å². The molecular weight excluding hydrogens is 274 g/mol.